The molecule has 31 heavy (non-hydrogen) atoms. The predicted molar refractivity (Wildman–Crippen MR) is 118 cm³/mol. The van der Waals surface area contributed by atoms with Crippen molar-refractivity contribution in [3.05, 3.63) is 58.1 Å². The van der Waals surface area contributed by atoms with Crippen molar-refractivity contribution in [2.75, 3.05) is 38.2 Å². The first-order valence-electron chi connectivity index (χ1n) is 10.6. The second-order valence-corrected chi connectivity index (χ2v) is 8.17. The van der Waals surface area contributed by atoms with Crippen molar-refractivity contribution in [1.82, 2.24) is 19.7 Å². The molecule has 0 N–H and O–H groups in total. The summed E-state index contributed by atoms with van der Waals surface area (Å²) in [6.45, 7) is 2.39. The number of pyridine rings is 1. The van der Waals surface area contributed by atoms with Crippen LogP contribution in [0.25, 0.3) is 10.8 Å². The van der Waals surface area contributed by atoms with Gasteiger partial charge in [0.15, 0.2) is 17.3 Å². The molecule has 8 nitrogen and oxygen atoms in total. The molecule has 0 atom stereocenters. The molecule has 160 valence electrons. The maximum Gasteiger partial charge on any atom is 0.275 e. The molecule has 1 aromatic carbocycles. The minimum atomic E-state index is -0.180. The van der Waals surface area contributed by atoms with Gasteiger partial charge in [-0.15, -0.1) is 0 Å². The zero-order chi connectivity index (χ0) is 21.5. The van der Waals surface area contributed by atoms with Gasteiger partial charge in [0, 0.05) is 44.8 Å². The van der Waals surface area contributed by atoms with E-state index in [0.29, 0.717) is 48.6 Å². The van der Waals surface area contributed by atoms with Gasteiger partial charge in [0.1, 0.15) is 0 Å². The molecular formula is C23H25N5O3. The van der Waals surface area contributed by atoms with Crippen molar-refractivity contribution in [2.24, 2.45) is 7.05 Å². The van der Waals surface area contributed by atoms with Gasteiger partial charge in [-0.1, -0.05) is 6.07 Å². The maximum atomic E-state index is 13.4. The van der Waals surface area contributed by atoms with E-state index in [1.807, 2.05) is 35.2 Å². The van der Waals surface area contributed by atoms with Crippen molar-refractivity contribution in [2.45, 2.75) is 18.8 Å². The zero-order valence-electron chi connectivity index (χ0n) is 17.7. The monoisotopic (exact) mass is 419 g/mol. The number of ether oxygens (including phenoxy) is 1. The summed E-state index contributed by atoms with van der Waals surface area (Å²) >= 11 is 0. The normalized spacial score (nSPS) is 16.6. The lowest BCUT2D eigenvalue weighted by Crippen LogP contribution is -2.49. The minimum absolute atomic E-state index is 0.138. The minimum Gasteiger partial charge on any atom is -0.493 e. The van der Waals surface area contributed by atoms with Crippen LogP contribution in [0.15, 0.2) is 41.3 Å². The molecule has 0 unspecified atom stereocenters. The number of hydrogen-bond donors (Lipinski definition) is 0. The van der Waals surface area contributed by atoms with E-state index in [4.69, 9.17) is 4.74 Å². The van der Waals surface area contributed by atoms with Gasteiger partial charge in [0.25, 0.3) is 11.5 Å². The van der Waals surface area contributed by atoms with E-state index in [1.54, 1.807) is 20.4 Å². The molecule has 0 radical (unpaired) electrons. The molecule has 3 aromatic rings. The van der Waals surface area contributed by atoms with Gasteiger partial charge in [0.2, 0.25) is 0 Å². The molecule has 1 saturated carbocycles. The topological polar surface area (TPSA) is 80.6 Å². The summed E-state index contributed by atoms with van der Waals surface area (Å²) in [6, 6.07) is 9.57. The Morgan fingerprint density at radius 2 is 1.87 bits per heavy atom. The van der Waals surface area contributed by atoms with Crippen molar-refractivity contribution >= 4 is 22.5 Å². The van der Waals surface area contributed by atoms with Gasteiger partial charge < -0.3 is 14.5 Å². The number of aryl methyl sites for hydroxylation is 1. The van der Waals surface area contributed by atoms with E-state index < -0.39 is 0 Å². The Morgan fingerprint density at radius 1 is 1.10 bits per heavy atom. The fourth-order valence-corrected chi connectivity index (χ4v) is 4.25. The van der Waals surface area contributed by atoms with Crippen LogP contribution in [0.4, 0.5) is 5.82 Å². The SMILES string of the molecule is COc1cccnc1N1CCN(C(=O)c2nn(C)c(=O)c3ccc(C4CC4)cc23)CC1. The third-order valence-electron chi connectivity index (χ3n) is 6.16. The number of benzene rings is 1. The third-order valence-corrected chi connectivity index (χ3v) is 6.16. The smallest absolute Gasteiger partial charge is 0.275 e. The van der Waals surface area contributed by atoms with Gasteiger partial charge in [-0.05, 0) is 48.6 Å². The maximum absolute atomic E-state index is 13.4. The Labute approximate surface area is 180 Å². The number of carbonyl (C=O) groups excluding carboxylic acids is 1. The molecule has 0 bridgehead atoms. The molecule has 2 fully saturated rings. The number of amides is 1. The fraction of sp³-hybridized carbons (Fsp3) is 0.391. The Balaban J connectivity index is 1.42. The number of carbonyl (C=O) groups is 1. The summed E-state index contributed by atoms with van der Waals surface area (Å²) in [4.78, 5) is 34.4. The van der Waals surface area contributed by atoms with Crippen LogP contribution < -0.4 is 15.2 Å². The van der Waals surface area contributed by atoms with Crippen LogP contribution in [-0.4, -0.2) is 58.9 Å². The summed E-state index contributed by atoms with van der Waals surface area (Å²) in [7, 11) is 3.23. The van der Waals surface area contributed by atoms with Crippen LogP contribution in [0.5, 0.6) is 5.75 Å². The first-order valence-corrected chi connectivity index (χ1v) is 10.6. The Morgan fingerprint density at radius 3 is 2.58 bits per heavy atom. The van der Waals surface area contributed by atoms with Gasteiger partial charge in [-0.25, -0.2) is 9.67 Å². The summed E-state index contributed by atoms with van der Waals surface area (Å²) in [5.41, 5.74) is 1.35. The molecule has 2 aromatic heterocycles. The van der Waals surface area contributed by atoms with Crippen molar-refractivity contribution < 1.29 is 9.53 Å². The average Bonchev–Trinajstić information content (AvgIpc) is 3.66. The van der Waals surface area contributed by atoms with E-state index in [1.165, 1.54) is 10.2 Å². The Bertz CT molecular complexity index is 1210. The number of rotatable bonds is 4. The highest BCUT2D eigenvalue weighted by Gasteiger charge is 2.29. The van der Waals surface area contributed by atoms with Crippen molar-refractivity contribution in [3.63, 3.8) is 0 Å². The average molecular weight is 419 g/mol. The fourth-order valence-electron chi connectivity index (χ4n) is 4.25. The molecule has 2 aliphatic rings. The van der Waals surface area contributed by atoms with Crippen LogP contribution in [0.3, 0.4) is 0 Å². The number of anilines is 1. The number of nitrogens with zero attached hydrogens (tertiary/aromatic N) is 5. The quantitative estimate of drug-likeness (QED) is 0.645. The third kappa shape index (κ3) is 3.52. The van der Waals surface area contributed by atoms with Crippen LogP contribution in [-0.2, 0) is 7.05 Å². The molecule has 0 spiro atoms. The molecule has 1 saturated heterocycles. The van der Waals surface area contributed by atoms with E-state index in [9.17, 15) is 9.59 Å². The molecule has 1 aliphatic carbocycles. The molecule has 1 amide bonds. The van der Waals surface area contributed by atoms with Gasteiger partial charge >= 0.3 is 0 Å². The van der Waals surface area contributed by atoms with Crippen LogP contribution in [0.1, 0.15) is 34.8 Å². The summed E-state index contributed by atoms with van der Waals surface area (Å²) in [5, 5.41) is 5.57. The molecule has 8 heteroatoms. The molecule has 1 aliphatic heterocycles. The lowest BCUT2D eigenvalue weighted by molar-refractivity contribution is 0.0740. The van der Waals surface area contributed by atoms with Crippen LogP contribution in [0.2, 0.25) is 0 Å². The number of piperazine rings is 1. The van der Waals surface area contributed by atoms with Gasteiger partial charge in [0.05, 0.1) is 12.5 Å². The summed E-state index contributed by atoms with van der Waals surface area (Å²) in [5.74, 6) is 1.91. The Kier molecular flexibility index (Phi) is 4.84. The van der Waals surface area contributed by atoms with E-state index in [0.717, 1.165) is 24.4 Å². The van der Waals surface area contributed by atoms with Crippen molar-refractivity contribution in [1.29, 1.82) is 0 Å². The molecule has 5 rings (SSSR count). The lowest BCUT2D eigenvalue weighted by Gasteiger charge is -2.35. The van der Waals surface area contributed by atoms with Crippen LogP contribution in [0, 0.1) is 0 Å². The number of hydrogen-bond acceptors (Lipinski definition) is 6. The lowest BCUT2D eigenvalue weighted by atomic mass is 10.0. The second-order valence-electron chi connectivity index (χ2n) is 8.17. The highest BCUT2D eigenvalue weighted by Crippen LogP contribution is 2.41. The first-order chi connectivity index (χ1) is 15.1. The largest absolute Gasteiger partial charge is 0.493 e. The zero-order valence-corrected chi connectivity index (χ0v) is 17.7. The van der Waals surface area contributed by atoms with Crippen LogP contribution >= 0.6 is 0 Å². The molecule has 3 heterocycles. The number of aromatic nitrogens is 3. The number of methoxy groups -OCH3 is 1. The van der Waals surface area contributed by atoms with Crippen molar-refractivity contribution in [3.8, 4) is 5.75 Å². The van der Waals surface area contributed by atoms with E-state index >= 15 is 0 Å². The van der Waals surface area contributed by atoms with Gasteiger partial charge in [-0.2, -0.15) is 5.10 Å². The summed E-state index contributed by atoms with van der Waals surface area (Å²) < 4.78 is 6.69. The number of fused-ring (bicyclic) bond motifs is 1. The first kappa shape index (κ1) is 19.5. The predicted octanol–water partition coefficient (Wildman–Crippen LogP) is 2.18. The second kappa shape index (κ2) is 7.68. The summed E-state index contributed by atoms with van der Waals surface area (Å²) in [6.07, 6.45) is 4.06. The van der Waals surface area contributed by atoms with E-state index in [-0.39, 0.29) is 11.5 Å². The van der Waals surface area contributed by atoms with E-state index in [2.05, 4.69) is 15.0 Å². The standard InChI is InChI=1S/C23H25N5O3/c1-26-22(29)17-8-7-16(15-5-6-15)14-18(17)20(25-26)23(30)28-12-10-27(11-13-28)21-19(31-2)4-3-9-24-21/h3-4,7-9,14-15H,5-6,10-13H2,1-2H3. The highest BCUT2D eigenvalue weighted by atomic mass is 16.5. The van der Waals surface area contributed by atoms with Gasteiger partial charge in [-0.3, -0.25) is 9.59 Å². The molecular weight excluding hydrogens is 394 g/mol. The highest BCUT2D eigenvalue weighted by molar-refractivity contribution is 6.05. The Hall–Kier alpha value is -3.42.